The molecule has 1 aromatic rings. The second-order valence-corrected chi connectivity index (χ2v) is 8.38. The largest absolute Gasteiger partial charge is 0.341 e. The summed E-state index contributed by atoms with van der Waals surface area (Å²) < 4.78 is 23.0. The van der Waals surface area contributed by atoms with Gasteiger partial charge in [0.1, 0.15) is 0 Å². The number of rotatable bonds is 5. The lowest BCUT2D eigenvalue weighted by Crippen LogP contribution is -2.43. The predicted octanol–water partition coefficient (Wildman–Crippen LogP) is 1.64. The first kappa shape index (κ1) is 17.2. The van der Waals surface area contributed by atoms with Crippen molar-refractivity contribution in [3.8, 4) is 0 Å². The highest BCUT2D eigenvalue weighted by Crippen LogP contribution is 2.18. The van der Waals surface area contributed by atoms with Crippen LogP contribution in [0.3, 0.4) is 0 Å². The number of hydrogen-bond acceptors (Lipinski definition) is 4. The van der Waals surface area contributed by atoms with Crippen molar-refractivity contribution in [1.82, 2.24) is 10.2 Å². The Morgan fingerprint density at radius 2 is 2.05 bits per heavy atom. The highest BCUT2D eigenvalue weighted by atomic mass is 35.5. The van der Waals surface area contributed by atoms with E-state index in [1.807, 2.05) is 31.2 Å². The Kier molecular flexibility index (Phi) is 5.47. The monoisotopic (exact) mass is 344 g/mol. The molecule has 1 fully saturated rings. The number of nitrogens with zero attached hydrogens (tertiary/aromatic N) is 1. The number of amides is 1. The zero-order valence-electron chi connectivity index (χ0n) is 12.8. The van der Waals surface area contributed by atoms with Crippen LogP contribution < -0.4 is 5.32 Å². The van der Waals surface area contributed by atoms with E-state index in [4.69, 9.17) is 11.6 Å². The van der Waals surface area contributed by atoms with Gasteiger partial charge in [0.25, 0.3) is 0 Å². The van der Waals surface area contributed by atoms with Crippen molar-refractivity contribution in [3.05, 3.63) is 34.9 Å². The SMILES string of the molecule is C[C@H](NCC(=O)N(C)[C@H]1CCS(=O)(=O)C1)c1ccc(Cl)cc1. The fourth-order valence-corrected chi connectivity index (χ4v) is 4.42. The maximum Gasteiger partial charge on any atom is 0.236 e. The lowest BCUT2D eigenvalue weighted by atomic mass is 10.1. The third kappa shape index (κ3) is 4.44. The van der Waals surface area contributed by atoms with Gasteiger partial charge < -0.3 is 10.2 Å². The van der Waals surface area contributed by atoms with Gasteiger partial charge in [0.15, 0.2) is 9.84 Å². The van der Waals surface area contributed by atoms with Crippen LogP contribution in [0.4, 0.5) is 0 Å². The van der Waals surface area contributed by atoms with E-state index >= 15 is 0 Å². The summed E-state index contributed by atoms with van der Waals surface area (Å²) in [6.07, 6.45) is 0.525. The van der Waals surface area contributed by atoms with Crippen LogP contribution in [0.5, 0.6) is 0 Å². The fourth-order valence-electron chi connectivity index (χ4n) is 2.52. The summed E-state index contributed by atoms with van der Waals surface area (Å²) >= 11 is 5.85. The first-order valence-corrected chi connectivity index (χ1v) is 9.43. The molecular formula is C15H21ClN2O3S. The van der Waals surface area contributed by atoms with Crippen molar-refractivity contribution in [3.63, 3.8) is 0 Å². The second kappa shape index (κ2) is 6.98. The number of halogens is 1. The van der Waals surface area contributed by atoms with Gasteiger partial charge >= 0.3 is 0 Å². The van der Waals surface area contributed by atoms with Crippen LogP contribution in [0, 0.1) is 0 Å². The summed E-state index contributed by atoms with van der Waals surface area (Å²) in [6, 6.07) is 7.26. The quantitative estimate of drug-likeness (QED) is 0.881. The van der Waals surface area contributed by atoms with E-state index in [1.165, 1.54) is 0 Å². The summed E-state index contributed by atoms with van der Waals surface area (Å²) in [5.41, 5.74) is 1.04. The molecule has 0 bridgehead atoms. The van der Waals surface area contributed by atoms with E-state index in [-0.39, 0.29) is 36.0 Å². The number of carbonyl (C=O) groups is 1. The van der Waals surface area contributed by atoms with Gasteiger partial charge in [0, 0.05) is 24.2 Å². The average Bonchev–Trinajstić information content (AvgIpc) is 2.84. The minimum atomic E-state index is -2.98. The number of benzene rings is 1. The molecule has 1 N–H and O–H groups in total. The standard InChI is InChI=1S/C15H21ClN2O3S/c1-11(12-3-5-13(16)6-4-12)17-9-15(19)18(2)14-7-8-22(20,21)10-14/h3-6,11,14,17H,7-10H2,1-2H3/t11-,14-/m0/s1. The second-order valence-electron chi connectivity index (χ2n) is 5.72. The van der Waals surface area contributed by atoms with Crippen LogP contribution in [-0.2, 0) is 14.6 Å². The minimum absolute atomic E-state index is 0.0157. The smallest absolute Gasteiger partial charge is 0.236 e. The topological polar surface area (TPSA) is 66.5 Å². The van der Waals surface area contributed by atoms with Gasteiger partial charge in [-0.15, -0.1) is 0 Å². The van der Waals surface area contributed by atoms with Gasteiger partial charge in [-0.1, -0.05) is 23.7 Å². The lowest BCUT2D eigenvalue weighted by molar-refractivity contribution is -0.130. The van der Waals surface area contributed by atoms with Gasteiger partial charge in [0.05, 0.1) is 18.1 Å². The highest BCUT2D eigenvalue weighted by Gasteiger charge is 2.32. The number of sulfone groups is 1. The first-order chi connectivity index (χ1) is 10.3. The number of likely N-dealkylation sites (N-methyl/N-ethyl adjacent to an activating group) is 1. The van der Waals surface area contributed by atoms with Gasteiger partial charge in [-0.05, 0) is 31.0 Å². The molecule has 0 spiro atoms. The maximum absolute atomic E-state index is 12.2. The van der Waals surface area contributed by atoms with E-state index in [1.54, 1.807) is 11.9 Å². The van der Waals surface area contributed by atoms with Gasteiger partial charge in [-0.25, -0.2) is 8.42 Å². The molecule has 1 aliphatic heterocycles. The van der Waals surface area contributed by atoms with Crippen molar-refractivity contribution in [1.29, 1.82) is 0 Å². The molecule has 1 heterocycles. The van der Waals surface area contributed by atoms with Crippen molar-refractivity contribution in [2.45, 2.75) is 25.4 Å². The van der Waals surface area contributed by atoms with Crippen molar-refractivity contribution >= 4 is 27.3 Å². The Hall–Kier alpha value is -1.11. The van der Waals surface area contributed by atoms with Crippen LogP contribution >= 0.6 is 11.6 Å². The van der Waals surface area contributed by atoms with E-state index < -0.39 is 9.84 Å². The molecule has 122 valence electrons. The molecule has 7 heteroatoms. The zero-order chi connectivity index (χ0) is 16.3. The Labute approximate surface area is 136 Å². The van der Waals surface area contributed by atoms with Crippen molar-refractivity contribution < 1.29 is 13.2 Å². The van der Waals surface area contributed by atoms with Crippen molar-refractivity contribution in [2.24, 2.45) is 0 Å². The third-order valence-corrected chi connectivity index (χ3v) is 6.08. The maximum atomic E-state index is 12.2. The summed E-state index contributed by atoms with van der Waals surface area (Å²) in [6.45, 7) is 2.15. The lowest BCUT2D eigenvalue weighted by Gasteiger charge is -2.24. The summed E-state index contributed by atoms with van der Waals surface area (Å²) in [4.78, 5) is 13.7. The molecule has 2 rings (SSSR count). The van der Waals surface area contributed by atoms with Crippen LogP contribution in [0.25, 0.3) is 0 Å². The zero-order valence-corrected chi connectivity index (χ0v) is 14.3. The fraction of sp³-hybridized carbons (Fsp3) is 0.533. The third-order valence-electron chi connectivity index (χ3n) is 4.08. The molecule has 1 amide bonds. The van der Waals surface area contributed by atoms with Crippen LogP contribution in [-0.4, -0.2) is 50.4 Å². The van der Waals surface area contributed by atoms with E-state index in [0.29, 0.717) is 11.4 Å². The van der Waals surface area contributed by atoms with Crippen LogP contribution in [0.2, 0.25) is 5.02 Å². The Morgan fingerprint density at radius 1 is 1.41 bits per heavy atom. The summed E-state index contributed by atoms with van der Waals surface area (Å²) in [7, 11) is -1.31. The van der Waals surface area contributed by atoms with E-state index in [0.717, 1.165) is 5.56 Å². The summed E-state index contributed by atoms with van der Waals surface area (Å²) in [5.74, 6) is 0.147. The molecule has 1 aromatic carbocycles. The molecule has 0 unspecified atom stereocenters. The predicted molar refractivity (Wildman–Crippen MR) is 87.7 cm³/mol. The number of hydrogen-bond donors (Lipinski definition) is 1. The molecule has 5 nitrogen and oxygen atoms in total. The number of nitrogens with one attached hydrogen (secondary N) is 1. The normalized spacial score (nSPS) is 21.5. The molecule has 0 radical (unpaired) electrons. The first-order valence-electron chi connectivity index (χ1n) is 7.23. The molecular weight excluding hydrogens is 324 g/mol. The molecule has 0 aromatic heterocycles. The van der Waals surface area contributed by atoms with Crippen molar-refractivity contribution in [2.75, 3.05) is 25.1 Å². The minimum Gasteiger partial charge on any atom is -0.341 e. The molecule has 1 saturated heterocycles. The molecule has 0 saturated carbocycles. The van der Waals surface area contributed by atoms with Crippen LogP contribution in [0.1, 0.15) is 24.9 Å². The number of carbonyl (C=O) groups excluding carboxylic acids is 1. The van der Waals surface area contributed by atoms with Gasteiger partial charge in [-0.3, -0.25) is 4.79 Å². The Balaban J connectivity index is 1.85. The summed E-state index contributed by atoms with van der Waals surface area (Å²) in [5, 5.41) is 3.83. The molecule has 0 aliphatic carbocycles. The Morgan fingerprint density at radius 3 is 2.59 bits per heavy atom. The molecule has 22 heavy (non-hydrogen) atoms. The molecule has 1 aliphatic rings. The van der Waals surface area contributed by atoms with E-state index in [2.05, 4.69) is 5.32 Å². The average molecular weight is 345 g/mol. The Bertz CT molecular complexity index is 631. The highest BCUT2D eigenvalue weighted by molar-refractivity contribution is 7.91. The van der Waals surface area contributed by atoms with Gasteiger partial charge in [-0.2, -0.15) is 0 Å². The van der Waals surface area contributed by atoms with Gasteiger partial charge in [0.2, 0.25) is 5.91 Å². The molecule has 2 atom stereocenters. The van der Waals surface area contributed by atoms with Crippen LogP contribution in [0.15, 0.2) is 24.3 Å². The van der Waals surface area contributed by atoms with E-state index in [9.17, 15) is 13.2 Å².